The van der Waals surface area contributed by atoms with Crippen LogP contribution >= 0.6 is 0 Å². The first kappa shape index (κ1) is 36.6. The number of aliphatic carboxylic acids is 1. The van der Waals surface area contributed by atoms with Gasteiger partial charge in [-0.25, -0.2) is 0 Å². The van der Waals surface area contributed by atoms with E-state index in [1.165, 1.54) is 50.5 Å². The number of rotatable bonds is 10. The van der Waals surface area contributed by atoms with E-state index in [0.29, 0.717) is 29.6 Å². The summed E-state index contributed by atoms with van der Waals surface area (Å²) in [5, 5.41) is 28.8. The van der Waals surface area contributed by atoms with Crippen molar-refractivity contribution in [2.75, 3.05) is 6.61 Å². The van der Waals surface area contributed by atoms with Gasteiger partial charge in [-0.15, -0.1) is 0 Å². The van der Waals surface area contributed by atoms with Crippen molar-refractivity contribution in [3.8, 4) is 0 Å². The molecule has 0 radical (unpaired) electrons. The summed E-state index contributed by atoms with van der Waals surface area (Å²) in [6.07, 6.45) is 15.8. The highest BCUT2D eigenvalue weighted by atomic mass is 16.5. The molecule has 3 N–H and O–H groups in total. The van der Waals surface area contributed by atoms with Gasteiger partial charge >= 0.3 is 11.9 Å². The van der Waals surface area contributed by atoms with Crippen LogP contribution in [0, 0.1) is 62.1 Å². The number of carbonyl (C=O) groups excluding carboxylic acids is 1. The number of aliphatic hydroxyl groups excluding tert-OH is 2. The standard InChI is InChI=1S/C41H66O6/c1-26(2)28-14-20-41(17-10-11-27(43)25-42)22-21-39(8)29(35(28)41)12-13-31-38(7)18-16-32(37(5,6)30(38)15-19-40(31,39)9)47-34(46)24-36(3,4)23-33(44)45/h10-11,27-32,35,42-43H,1,12-25H2,2-9H3,(H,44,45)/b11-10+/t27?,28-,29+,30-,31+,32-,35+,38-,39+,40+,41+/m0/s1. The van der Waals surface area contributed by atoms with Gasteiger partial charge in [0.2, 0.25) is 0 Å². The molecule has 0 heterocycles. The molecule has 5 rings (SSSR count). The molecule has 6 heteroatoms. The lowest BCUT2D eigenvalue weighted by atomic mass is 9.32. The summed E-state index contributed by atoms with van der Waals surface area (Å²) < 4.78 is 6.26. The lowest BCUT2D eigenvalue weighted by Crippen LogP contribution is -2.66. The minimum Gasteiger partial charge on any atom is -0.481 e. The first-order valence-corrected chi connectivity index (χ1v) is 18.8. The Kier molecular flexibility index (Phi) is 9.81. The fraction of sp³-hybridized carbons (Fsp3) is 0.854. The van der Waals surface area contributed by atoms with Crippen molar-refractivity contribution in [2.45, 2.75) is 151 Å². The van der Waals surface area contributed by atoms with E-state index < -0.39 is 17.5 Å². The van der Waals surface area contributed by atoms with Crippen LogP contribution in [-0.4, -0.2) is 46.1 Å². The SMILES string of the molecule is C=C(C)[C@@H]1CC[C@]2(C/C=C/C(O)CO)CC[C@]3(C)[C@H](CC[C@@H]4[C@@]5(C)CC[C@H](OC(=O)CC(C)(C)CC(=O)O)C(C)(C)[C@@H]5CC[C@]43C)[C@@H]12. The average Bonchev–Trinajstić information content (AvgIpc) is 3.34. The van der Waals surface area contributed by atoms with Crippen LogP contribution in [0.2, 0.25) is 0 Å². The van der Waals surface area contributed by atoms with Crippen LogP contribution in [0.5, 0.6) is 0 Å². The third-order valence-electron chi connectivity index (χ3n) is 15.8. The highest BCUT2D eigenvalue weighted by molar-refractivity contribution is 5.73. The topological polar surface area (TPSA) is 104 Å². The summed E-state index contributed by atoms with van der Waals surface area (Å²) in [7, 11) is 0. The molecule has 1 unspecified atom stereocenters. The van der Waals surface area contributed by atoms with Crippen LogP contribution in [0.3, 0.4) is 0 Å². The molecule has 5 saturated carbocycles. The van der Waals surface area contributed by atoms with Crippen molar-refractivity contribution in [1.29, 1.82) is 0 Å². The number of aliphatic hydroxyl groups is 2. The highest BCUT2D eigenvalue weighted by Gasteiger charge is 2.71. The molecule has 0 aromatic carbocycles. The fourth-order valence-corrected chi connectivity index (χ4v) is 13.4. The molecule has 0 amide bonds. The summed E-state index contributed by atoms with van der Waals surface area (Å²) in [6.45, 7) is 22.8. The summed E-state index contributed by atoms with van der Waals surface area (Å²) >= 11 is 0. The largest absolute Gasteiger partial charge is 0.481 e. The van der Waals surface area contributed by atoms with E-state index in [9.17, 15) is 24.9 Å². The minimum absolute atomic E-state index is 0.0461. The van der Waals surface area contributed by atoms with Gasteiger partial charge in [0, 0.05) is 5.41 Å². The van der Waals surface area contributed by atoms with Crippen molar-refractivity contribution < 1.29 is 29.6 Å². The molecular weight excluding hydrogens is 588 g/mol. The monoisotopic (exact) mass is 654 g/mol. The highest BCUT2D eigenvalue weighted by Crippen LogP contribution is 2.78. The van der Waals surface area contributed by atoms with Crippen molar-refractivity contribution in [2.24, 2.45) is 62.1 Å². The van der Waals surface area contributed by atoms with Gasteiger partial charge in [0.15, 0.2) is 0 Å². The minimum atomic E-state index is -0.883. The molecule has 5 aliphatic carbocycles. The Labute approximate surface area is 285 Å². The number of ether oxygens (including phenoxy) is 1. The molecule has 11 atom stereocenters. The van der Waals surface area contributed by atoms with Gasteiger partial charge in [-0.1, -0.05) is 72.8 Å². The van der Waals surface area contributed by atoms with Crippen LogP contribution in [0.25, 0.3) is 0 Å². The lowest BCUT2D eigenvalue weighted by molar-refractivity contribution is -0.250. The molecule has 0 spiro atoms. The summed E-state index contributed by atoms with van der Waals surface area (Å²) in [6, 6.07) is 0. The van der Waals surface area contributed by atoms with Gasteiger partial charge in [0.1, 0.15) is 6.10 Å². The summed E-state index contributed by atoms with van der Waals surface area (Å²) in [5.74, 6) is 1.75. The Morgan fingerprint density at radius 1 is 0.915 bits per heavy atom. The molecule has 0 aromatic rings. The van der Waals surface area contributed by atoms with Crippen LogP contribution < -0.4 is 0 Å². The lowest BCUT2D eigenvalue weighted by Gasteiger charge is -2.73. The Morgan fingerprint density at radius 3 is 2.26 bits per heavy atom. The second-order valence-electron chi connectivity index (χ2n) is 19.2. The van der Waals surface area contributed by atoms with Crippen LogP contribution in [0.1, 0.15) is 139 Å². The maximum absolute atomic E-state index is 13.2. The van der Waals surface area contributed by atoms with Gasteiger partial charge in [-0.3, -0.25) is 9.59 Å². The number of fused-ring (bicyclic) bond motifs is 7. The second-order valence-corrected chi connectivity index (χ2v) is 19.2. The molecule has 0 aromatic heterocycles. The number of hydrogen-bond acceptors (Lipinski definition) is 5. The molecular formula is C41H66O6. The van der Waals surface area contributed by atoms with Gasteiger partial charge in [-0.2, -0.15) is 0 Å². The Bertz CT molecular complexity index is 1250. The molecule has 47 heavy (non-hydrogen) atoms. The Hall–Kier alpha value is -1.66. The molecule has 5 aliphatic rings. The number of allylic oxidation sites excluding steroid dienone is 2. The zero-order valence-electron chi connectivity index (χ0n) is 30.9. The zero-order chi connectivity index (χ0) is 34.8. The van der Waals surface area contributed by atoms with Crippen molar-refractivity contribution in [3.63, 3.8) is 0 Å². The van der Waals surface area contributed by atoms with Crippen molar-refractivity contribution in [3.05, 3.63) is 24.3 Å². The molecule has 0 saturated heterocycles. The number of esters is 1. The normalized spacial score (nSPS) is 43.3. The first-order chi connectivity index (χ1) is 21.8. The Morgan fingerprint density at radius 2 is 1.62 bits per heavy atom. The van der Waals surface area contributed by atoms with Crippen LogP contribution in [0.4, 0.5) is 0 Å². The van der Waals surface area contributed by atoms with E-state index in [1.54, 1.807) is 6.08 Å². The maximum atomic E-state index is 13.2. The van der Waals surface area contributed by atoms with E-state index in [0.717, 1.165) is 25.7 Å². The predicted molar refractivity (Wildman–Crippen MR) is 186 cm³/mol. The van der Waals surface area contributed by atoms with E-state index in [2.05, 4.69) is 54.2 Å². The van der Waals surface area contributed by atoms with E-state index >= 15 is 0 Å². The van der Waals surface area contributed by atoms with Gasteiger partial charge in [-0.05, 0) is 134 Å². The van der Waals surface area contributed by atoms with Crippen LogP contribution in [0.15, 0.2) is 24.3 Å². The fourth-order valence-electron chi connectivity index (χ4n) is 13.4. The quantitative estimate of drug-likeness (QED) is 0.161. The molecule has 0 bridgehead atoms. The molecule has 6 nitrogen and oxygen atoms in total. The first-order valence-electron chi connectivity index (χ1n) is 18.8. The van der Waals surface area contributed by atoms with Gasteiger partial charge in [0.05, 0.1) is 25.6 Å². The summed E-state index contributed by atoms with van der Waals surface area (Å²) in [4.78, 5) is 24.5. The number of hydrogen-bond donors (Lipinski definition) is 3. The second kappa shape index (κ2) is 12.6. The van der Waals surface area contributed by atoms with Crippen LogP contribution in [-0.2, 0) is 14.3 Å². The third kappa shape index (κ3) is 6.08. The Balaban J connectivity index is 1.39. The average molecular weight is 655 g/mol. The van der Waals surface area contributed by atoms with Gasteiger partial charge in [0.25, 0.3) is 0 Å². The zero-order valence-corrected chi connectivity index (χ0v) is 30.9. The van der Waals surface area contributed by atoms with E-state index in [4.69, 9.17) is 4.74 Å². The number of carboxylic acids is 1. The van der Waals surface area contributed by atoms with E-state index in [-0.39, 0.29) is 58.6 Å². The maximum Gasteiger partial charge on any atom is 0.306 e. The van der Waals surface area contributed by atoms with Gasteiger partial charge < -0.3 is 20.1 Å². The van der Waals surface area contributed by atoms with Crippen molar-refractivity contribution in [1.82, 2.24) is 0 Å². The smallest absolute Gasteiger partial charge is 0.306 e. The third-order valence-corrected chi connectivity index (χ3v) is 15.8. The summed E-state index contributed by atoms with van der Waals surface area (Å²) in [5.41, 5.74) is 1.46. The van der Waals surface area contributed by atoms with E-state index in [1.807, 2.05) is 13.8 Å². The predicted octanol–water partition coefficient (Wildman–Crippen LogP) is 8.75. The molecule has 5 fully saturated rings. The molecule has 0 aliphatic heterocycles. The number of carboxylic acid groups (broad SMARTS) is 1. The van der Waals surface area contributed by atoms with Crippen molar-refractivity contribution >= 4 is 11.9 Å². The number of carbonyl (C=O) groups is 2. The molecule has 266 valence electrons.